The Labute approximate surface area is 126 Å². The SMILES string of the molecule is O=C(O)C=Cc1ccc(S(=O)(=O)Nc2cccc(F)c2)cc1. The van der Waals surface area contributed by atoms with Crippen molar-refractivity contribution in [2.24, 2.45) is 0 Å². The number of hydrogen-bond donors (Lipinski definition) is 2. The summed E-state index contributed by atoms with van der Waals surface area (Å²) in [4.78, 5) is 10.4. The summed E-state index contributed by atoms with van der Waals surface area (Å²) in [5.74, 6) is -1.64. The van der Waals surface area contributed by atoms with Crippen molar-refractivity contribution in [2.45, 2.75) is 4.90 Å². The third-order valence-corrected chi connectivity index (χ3v) is 4.08. The van der Waals surface area contributed by atoms with Crippen LogP contribution in [0.5, 0.6) is 0 Å². The van der Waals surface area contributed by atoms with Gasteiger partial charge >= 0.3 is 5.97 Å². The summed E-state index contributed by atoms with van der Waals surface area (Å²) in [6.07, 6.45) is 2.30. The van der Waals surface area contributed by atoms with Gasteiger partial charge in [-0.1, -0.05) is 18.2 Å². The number of carboxylic acid groups (broad SMARTS) is 1. The monoisotopic (exact) mass is 321 g/mol. The third-order valence-electron chi connectivity index (χ3n) is 2.69. The predicted molar refractivity (Wildman–Crippen MR) is 80.3 cm³/mol. The van der Waals surface area contributed by atoms with Crippen LogP contribution in [0.2, 0.25) is 0 Å². The van der Waals surface area contributed by atoms with E-state index in [1.165, 1.54) is 48.5 Å². The molecule has 2 aromatic carbocycles. The summed E-state index contributed by atoms with van der Waals surface area (Å²) < 4.78 is 39.6. The Morgan fingerprint density at radius 1 is 1.14 bits per heavy atom. The van der Waals surface area contributed by atoms with E-state index in [2.05, 4.69) is 4.72 Å². The van der Waals surface area contributed by atoms with Crippen molar-refractivity contribution in [3.63, 3.8) is 0 Å². The van der Waals surface area contributed by atoms with Gasteiger partial charge in [-0.15, -0.1) is 0 Å². The third kappa shape index (κ3) is 4.16. The van der Waals surface area contributed by atoms with Crippen molar-refractivity contribution in [3.05, 3.63) is 66.0 Å². The van der Waals surface area contributed by atoms with E-state index >= 15 is 0 Å². The van der Waals surface area contributed by atoms with Gasteiger partial charge in [0.25, 0.3) is 10.0 Å². The molecule has 0 saturated heterocycles. The van der Waals surface area contributed by atoms with Crippen molar-refractivity contribution in [2.75, 3.05) is 4.72 Å². The number of carbonyl (C=O) groups is 1. The van der Waals surface area contributed by atoms with Crippen LogP contribution in [0.4, 0.5) is 10.1 Å². The molecule has 2 rings (SSSR count). The van der Waals surface area contributed by atoms with E-state index in [4.69, 9.17) is 5.11 Å². The Bertz CT molecular complexity index is 814. The van der Waals surface area contributed by atoms with Crippen molar-refractivity contribution in [1.29, 1.82) is 0 Å². The molecule has 5 nitrogen and oxygen atoms in total. The first-order valence-corrected chi connectivity index (χ1v) is 7.64. The van der Waals surface area contributed by atoms with E-state index < -0.39 is 21.8 Å². The molecule has 114 valence electrons. The van der Waals surface area contributed by atoms with Crippen molar-refractivity contribution >= 4 is 27.8 Å². The first-order chi connectivity index (χ1) is 10.4. The topological polar surface area (TPSA) is 83.5 Å². The van der Waals surface area contributed by atoms with Gasteiger partial charge in [0.1, 0.15) is 5.82 Å². The van der Waals surface area contributed by atoms with Crippen LogP contribution in [0.25, 0.3) is 6.08 Å². The number of nitrogens with one attached hydrogen (secondary N) is 1. The van der Waals surface area contributed by atoms with Gasteiger partial charge in [-0.25, -0.2) is 17.6 Å². The van der Waals surface area contributed by atoms with Crippen molar-refractivity contribution in [1.82, 2.24) is 0 Å². The standard InChI is InChI=1S/C15H12FNO4S/c16-12-2-1-3-13(10-12)17-22(20,21)14-7-4-11(5-8-14)6-9-15(18)19/h1-10,17H,(H,18,19). The summed E-state index contributed by atoms with van der Waals surface area (Å²) in [5.41, 5.74) is 0.668. The normalized spacial score (nSPS) is 11.5. The van der Waals surface area contributed by atoms with Gasteiger partial charge < -0.3 is 5.11 Å². The van der Waals surface area contributed by atoms with E-state index in [0.29, 0.717) is 5.56 Å². The fourth-order valence-corrected chi connectivity index (χ4v) is 2.74. The largest absolute Gasteiger partial charge is 0.478 e. The highest BCUT2D eigenvalue weighted by molar-refractivity contribution is 7.92. The number of sulfonamides is 1. The molecule has 2 aromatic rings. The first-order valence-electron chi connectivity index (χ1n) is 6.16. The zero-order valence-corrected chi connectivity index (χ0v) is 12.0. The second-order valence-electron chi connectivity index (χ2n) is 4.36. The average molecular weight is 321 g/mol. The molecule has 0 unspecified atom stereocenters. The maximum Gasteiger partial charge on any atom is 0.328 e. The molecule has 22 heavy (non-hydrogen) atoms. The fraction of sp³-hybridized carbons (Fsp3) is 0. The molecule has 0 aliphatic heterocycles. The maximum absolute atomic E-state index is 13.1. The molecule has 0 spiro atoms. The molecule has 0 aliphatic rings. The lowest BCUT2D eigenvalue weighted by molar-refractivity contribution is -0.131. The second-order valence-corrected chi connectivity index (χ2v) is 6.04. The number of carboxylic acids is 1. The van der Waals surface area contributed by atoms with Crippen molar-refractivity contribution in [3.8, 4) is 0 Å². The highest BCUT2D eigenvalue weighted by Gasteiger charge is 2.14. The fourth-order valence-electron chi connectivity index (χ4n) is 1.69. The molecule has 7 heteroatoms. The lowest BCUT2D eigenvalue weighted by atomic mass is 10.2. The minimum atomic E-state index is -3.84. The smallest absolute Gasteiger partial charge is 0.328 e. The van der Waals surface area contributed by atoms with Crippen LogP contribution in [0.1, 0.15) is 5.56 Å². The minimum Gasteiger partial charge on any atom is -0.478 e. The summed E-state index contributed by atoms with van der Waals surface area (Å²) in [5, 5.41) is 8.52. The summed E-state index contributed by atoms with van der Waals surface area (Å²) >= 11 is 0. The van der Waals surface area contributed by atoms with Gasteiger partial charge in [-0.3, -0.25) is 4.72 Å². The predicted octanol–water partition coefficient (Wildman–Crippen LogP) is 2.72. The highest BCUT2D eigenvalue weighted by Crippen LogP contribution is 2.17. The minimum absolute atomic E-state index is 0.00997. The molecule has 0 fully saturated rings. The quantitative estimate of drug-likeness (QED) is 0.829. The van der Waals surface area contributed by atoms with Crippen molar-refractivity contribution < 1.29 is 22.7 Å². The average Bonchev–Trinajstić information content (AvgIpc) is 2.45. The zero-order valence-electron chi connectivity index (χ0n) is 11.2. The molecule has 0 amide bonds. The number of anilines is 1. The van der Waals surface area contributed by atoms with Gasteiger partial charge in [-0.05, 0) is 42.0 Å². The molecule has 0 heterocycles. The number of hydrogen-bond acceptors (Lipinski definition) is 3. The molecular formula is C15H12FNO4S. The number of halogens is 1. The highest BCUT2D eigenvalue weighted by atomic mass is 32.2. The lowest BCUT2D eigenvalue weighted by Gasteiger charge is -2.08. The van der Waals surface area contributed by atoms with E-state index in [9.17, 15) is 17.6 Å². The van der Waals surface area contributed by atoms with Crippen LogP contribution < -0.4 is 4.72 Å². The van der Waals surface area contributed by atoms with Crippen LogP contribution in [-0.2, 0) is 14.8 Å². The molecule has 0 saturated carbocycles. The first kappa shape index (κ1) is 15.7. The van der Waals surface area contributed by atoms with E-state index in [1.54, 1.807) is 0 Å². The molecule has 0 bridgehead atoms. The maximum atomic E-state index is 13.1. The Balaban J connectivity index is 2.21. The Morgan fingerprint density at radius 2 is 1.82 bits per heavy atom. The van der Waals surface area contributed by atoms with Gasteiger partial charge in [0.05, 0.1) is 10.6 Å². The van der Waals surface area contributed by atoms with E-state index in [0.717, 1.165) is 12.1 Å². The molecule has 0 atom stereocenters. The molecule has 0 aromatic heterocycles. The zero-order chi connectivity index (χ0) is 16.2. The summed E-state index contributed by atoms with van der Waals surface area (Å²) in [6.45, 7) is 0. The van der Waals surface area contributed by atoms with Gasteiger partial charge in [-0.2, -0.15) is 0 Å². The number of rotatable bonds is 5. The second kappa shape index (κ2) is 6.40. The Kier molecular flexibility index (Phi) is 4.57. The van der Waals surface area contributed by atoms with Gasteiger partial charge in [0, 0.05) is 6.08 Å². The molecule has 0 radical (unpaired) electrons. The van der Waals surface area contributed by atoms with Gasteiger partial charge in [0.2, 0.25) is 0 Å². The molecular weight excluding hydrogens is 309 g/mol. The summed E-state index contributed by atoms with van der Waals surface area (Å²) in [7, 11) is -3.84. The lowest BCUT2D eigenvalue weighted by Crippen LogP contribution is -2.12. The van der Waals surface area contributed by atoms with Crippen LogP contribution >= 0.6 is 0 Å². The van der Waals surface area contributed by atoms with Crippen LogP contribution in [0, 0.1) is 5.82 Å². The van der Waals surface area contributed by atoms with Gasteiger partial charge in [0.15, 0.2) is 0 Å². The Morgan fingerprint density at radius 3 is 2.41 bits per heavy atom. The van der Waals surface area contributed by atoms with Crippen LogP contribution in [0.15, 0.2) is 59.5 Å². The molecule has 2 N–H and O–H groups in total. The van der Waals surface area contributed by atoms with Crippen LogP contribution in [0.3, 0.4) is 0 Å². The van der Waals surface area contributed by atoms with E-state index in [1.807, 2.05) is 0 Å². The number of aliphatic carboxylic acids is 1. The Hall–Kier alpha value is -2.67. The number of benzene rings is 2. The molecule has 0 aliphatic carbocycles. The van der Waals surface area contributed by atoms with E-state index in [-0.39, 0.29) is 10.6 Å². The van der Waals surface area contributed by atoms with Crippen LogP contribution in [-0.4, -0.2) is 19.5 Å². The summed E-state index contributed by atoms with van der Waals surface area (Å²) in [6, 6.07) is 10.7.